The number of carbonyl (C=O) groups excluding carboxylic acids is 2. The molecule has 0 aromatic heterocycles. The van der Waals surface area contributed by atoms with Crippen LogP contribution in [0.5, 0.6) is 0 Å². The molecule has 0 saturated heterocycles. The number of benzene rings is 2. The fourth-order valence-electron chi connectivity index (χ4n) is 4.80. The number of anilines is 1. The van der Waals surface area contributed by atoms with E-state index in [0.717, 1.165) is 23.2 Å². The van der Waals surface area contributed by atoms with Crippen molar-refractivity contribution in [3.8, 4) is 0 Å². The van der Waals surface area contributed by atoms with Crippen LogP contribution in [-0.4, -0.2) is 50.8 Å². The highest BCUT2D eigenvalue weighted by Gasteiger charge is 2.32. The number of amides is 2. The maximum absolute atomic E-state index is 13.4. The van der Waals surface area contributed by atoms with Gasteiger partial charge in [-0.15, -0.1) is 0 Å². The van der Waals surface area contributed by atoms with E-state index in [-0.39, 0.29) is 22.6 Å². The Balaban J connectivity index is 1.50. The topological polar surface area (TPSA) is 86.8 Å². The third-order valence-corrected chi connectivity index (χ3v) is 8.07. The number of nitrogens with one attached hydrogen (secondary N) is 1. The molecule has 0 aliphatic carbocycles. The van der Waals surface area contributed by atoms with E-state index in [2.05, 4.69) is 22.9 Å². The number of rotatable bonds is 7. The molecule has 2 aliphatic rings. The summed E-state index contributed by atoms with van der Waals surface area (Å²) in [7, 11) is -3.92. The lowest BCUT2D eigenvalue weighted by Crippen LogP contribution is -2.50. The Morgan fingerprint density at radius 1 is 1.03 bits per heavy atom. The summed E-state index contributed by atoms with van der Waals surface area (Å²) in [5.41, 5.74) is 3.93. The largest absolute Gasteiger partial charge is 0.337 e. The van der Waals surface area contributed by atoms with Crippen LogP contribution in [0, 0.1) is 5.92 Å². The maximum atomic E-state index is 13.4. The van der Waals surface area contributed by atoms with Crippen LogP contribution >= 0.6 is 0 Å². The van der Waals surface area contributed by atoms with E-state index in [1.54, 1.807) is 21.9 Å². The third kappa shape index (κ3) is 5.65. The zero-order valence-corrected chi connectivity index (χ0v) is 21.3. The van der Waals surface area contributed by atoms with Gasteiger partial charge >= 0.3 is 0 Å². The molecule has 0 radical (unpaired) electrons. The fourth-order valence-corrected chi connectivity index (χ4v) is 6.05. The van der Waals surface area contributed by atoms with Gasteiger partial charge in [-0.3, -0.25) is 9.59 Å². The predicted molar refractivity (Wildman–Crippen MR) is 137 cm³/mol. The average Bonchev–Trinajstić information content (AvgIpc) is 3.27. The van der Waals surface area contributed by atoms with Crippen LogP contribution < -0.4 is 9.62 Å². The Morgan fingerprint density at radius 3 is 2.40 bits per heavy atom. The lowest BCUT2D eigenvalue weighted by atomic mass is 9.98. The molecule has 0 bridgehead atoms. The zero-order valence-electron chi connectivity index (χ0n) is 20.5. The summed E-state index contributed by atoms with van der Waals surface area (Å²) < 4.78 is 29.3. The zero-order chi connectivity index (χ0) is 25.2. The molecular formula is C27H33N3O4S. The second-order valence-electron chi connectivity index (χ2n) is 9.64. The van der Waals surface area contributed by atoms with Crippen LogP contribution in [0.2, 0.25) is 0 Å². The van der Waals surface area contributed by atoms with Gasteiger partial charge in [0.25, 0.3) is 0 Å². The minimum Gasteiger partial charge on any atom is -0.337 e. The quantitative estimate of drug-likeness (QED) is 0.636. The summed E-state index contributed by atoms with van der Waals surface area (Å²) in [5, 5.41) is 0. The number of hydrogen-bond donors (Lipinski definition) is 1. The highest BCUT2D eigenvalue weighted by atomic mass is 32.2. The molecule has 8 heteroatoms. The van der Waals surface area contributed by atoms with Gasteiger partial charge in [0.15, 0.2) is 0 Å². The number of sulfonamides is 1. The van der Waals surface area contributed by atoms with Crippen molar-refractivity contribution in [2.24, 2.45) is 5.92 Å². The Morgan fingerprint density at radius 2 is 1.77 bits per heavy atom. The van der Waals surface area contributed by atoms with Crippen LogP contribution in [0.1, 0.15) is 44.7 Å². The molecule has 0 fully saturated rings. The van der Waals surface area contributed by atoms with Gasteiger partial charge in [0, 0.05) is 32.2 Å². The lowest BCUT2D eigenvalue weighted by Gasteiger charge is -2.31. The van der Waals surface area contributed by atoms with Gasteiger partial charge in [0.1, 0.15) is 6.04 Å². The minimum absolute atomic E-state index is 0.0638. The van der Waals surface area contributed by atoms with Crippen molar-refractivity contribution in [3.63, 3.8) is 0 Å². The van der Waals surface area contributed by atoms with E-state index in [1.807, 2.05) is 32.0 Å². The normalized spacial score (nSPS) is 16.7. The first-order valence-electron chi connectivity index (χ1n) is 12.1. The third-order valence-electron chi connectivity index (χ3n) is 6.60. The molecular weight excluding hydrogens is 462 g/mol. The average molecular weight is 496 g/mol. The molecule has 4 rings (SSSR count). The van der Waals surface area contributed by atoms with Gasteiger partial charge in [-0.05, 0) is 60.1 Å². The number of fused-ring (bicyclic) bond motifs is 1. The molecule has 186 valence electrons. The summed E-state index contributed by atoms with van der Waals surface area (Å²) in [6, 6.07) is 14.1. The van der Waals surface area contributed by atoms with E-state index in [9.17, 15) is 18.0 Å². The summed E-state index contributed by atoms with van der Waals surface area (Å²) >= 11 is 0. The molecule has 1 N–H and O–H groups in total. The summed E-state index contributed by atoms with van der Waals surface area (Å²) in [6.07, 6.45) is 3.80. The van der Waals surface area contributed by atoms with Gasteiger partial charge in [0.05, 0.1) is 4.90 Å². The Bertz CT molecular complexity index is 1240. The van der Waals surface area contributed by atoms with Crippen LogP contribution in [0.15, 0.2) is 59.5 Å². The highest BCUT2D eigenvalue weighted by molar-refractivity contribution is 7.89. The number of carbonyl (C=O) groups is 2. The van der Waals surface area contributed by atoms with Crippen LogP contribution in [0.4, 0.5) is 5.69 Å². The molecule has 2 aromatic carbocycles. The summed E-state index contributed by atoms with van der Waals surface area (Å²) in [6.45, 7) is 7.01. The highest BCUT2D eigenvalue weighted by Crippen LogP contribution is 2.30. The first kappa shape index (κ1) is 25.1. The van der Waals surface area contributed by atoms with Crippen molar-refractivity contribution in [1.82, 2.24) is 9.62 Å². The second-order valence-corrected chi connectivity index (χ2v) is 11.4. The molecule has 0 saturated carbocycles. The van der Waals surface area contributed by atoms with E-state index in [1.165, 1.54) is 18.6 Å². The predicted octanol–water partition coefficient (Wildman–Crippen LogP) is 3.60. The van der Waals surface area contributed by atoms with Crippen LogP contribution in [0.3, 0.4) is 0 Å². The summed E-state index contributed by atoms with van der Waals surface area (Å²) in [4.78, 5) is 28.7. The molecule has 2 aliphatic heterocycles. The van der Waals surface area contributed by atoms with Crippen LogP contribution in [0.25, 0.3) is 5.57 Å². The van der Waals surface area contributed by atoms with Gasteiger partial charge < -0.3 is 9.80 Å². The minimum atomic E-state index is -3.92. The standard InChI is InChI=1S/C27H33N3O4S/c1-19(2)17-25(27(32)29-14-11-22(12-15-29)21-7-5-4-6-8-21)28-35(33,34)24-9-10-26-23(18-24)13-16-30(26)20(3)31/h4-11,18-19,25,28H,12-17H2,1-3H3/t25-/m1/s1. The summed E-state index contributed by atoms with van der Waals surface area (Å²) in [5.74, 6) is -0.128. The van der Waals surface area contributed by atoms with E-state index in [4.69, 9.17) is 0 Å². The first-order chi connectivity index (χ1) is 16.7. The Kier molecular flexibility index (Phi) is 7.42. The maximum Gasteiger partial charge on any atom is 0.241 e. The number of hydrogen-bond acceptors (Lipinski definition) is 4. The SMILES string of the molecule is CC(=O)N1CCc2cc(S(=O)(=O)N[C@H](CC(C)C)C(=O)N3CC=C(c4ccccc4)CC3)ccc21. The van der Waals surface area contributed by atoms with Crippen molar-refractivity contribution in [1.29, 1.82) is 0 Å². The Hall–Kier alpha value is -2.97. The molecule has 0 unspecified atom stereocenters. The van der Waals surface area contributed by atoms with Crippen molar-refractivity contribution in [3.05, 3.63) is 65.7 Å². The molecule has 1 atom stereocenters. The van der Waals surface area contributed by atoms with E-state index >= 15 is 0 Å². The van der Waals surface area contributed by atoms with Crippen molar-refractivity contribution in [2.45, 2.75) is 51.0 Å². The molecule has 2 heterocycles. The molecule has 2 amide bonds. The van der Waals surface area contributed by atoms with Gasteiger partial charge in [-0.25, -0.2) is 8.42 Å². The monoisotopic (exact) mass is 495 g/mol. The molecule has 0 spiro atoms. The number of nitrogens with zero attached hydrogens (tertiary/aromatic N) is 2. The van der Waals surface area contributed by atoms with Crippen molar-refractivity contribution >= 4 is 33.1 Å². The fraction of sp³-hybridized carbons (Fsp3) is 0.407. The first-order valence-corrected chi connectivity index (χ1v) is 13.6. The van der Waals surface area contributed by atoms with Gasteiger partial charge in [0.2, 0.25) is 21.8 Å². The molecule has 7 nitrogen and oxygen atoms in total. The van der Waals surface area contributed by atoms with Gasteiger partial charge in [-0.1, -0.05) is 50.3 Å². The van der Waals surface area contributed by atoms with Gasteiger partial charge in [-0.2, -0.15) is 4.72 Å². The van der Waals surface area contributed by atoms with Crippen molar-refractivity contribution < 1.29 is 18.0 Å². The smallest absolute Gasteiger partial charge is 0.241 e. The lowest BCUT2D eigenvalue weighted by molar-refractivity contribution is -0.133. The van der Waals surface area contributed by atoms with Crippen molar-refractivity contribution in [2.75, 3.05) is 24.5 Å². The molecule has 35 heavy (non-hydrogen) atoms. The second kappa shape index (κ2) is 10.3. The van der Waals surface area contributed by atoms with E-state index < -0.39 is 16.1 Å². The Labute approximate surface area is 207 Å². The van der Waals surface area contributed by atoms with E-state index in [0.29, 0.717) is 32.5 Å². The van der Waals surface area contributed by atoms with Crippen LogP contribution in [-0.2, 0) is 26.0 Å². The molecule has 2 aromatic rings.